The highest BCUT2D eigenvalue weighted by atomic mass is 16.6. The monoisotopic (exact) mass is 361 g/mol. The number of nitrogens with zero attached hydrogens (tertiary/aromatic N) is 1. The van der Waals surface area contributed by atoms with Crippen molar-refractivity contribution in [1.82, 2.24) is 0 Å². The average molecular weight is 361 g/mol. The number of aryl methyl sites for hydroxylation is 1. The summed E-state index contributed by atoms with van der Waals surface area (Å²) in [6.07, 6.45) is 0. The predicted molar refractivity (Wildman–Crippen MR) is 106 cm³/mol. The molecule has 0 bridgehead atoms. The summed E-state index contributed by atoms with van der Waals surface area (Å²) in [5.41, 5.74) is 3.38. The maximum atomic E-state index is 12.7. The van der Waals surface area contributed by atoms with E-state index in [1.165, 1.54) is 12.1 Å². The van der Waals surface area contributed by atoms with Gasteiger partial charge in [-0.15, -0.1) is 0 Å². The fourth-order valence-electron chi connectivity index (χ4n) is 2.62. The Labute approximate surface area is 157 Å². The van der Waals surface area contributed by atoms with E-state index >= 15 is 0 Å². The molecule has 0 fully saturated rings. The first kappa shape index (κ1) is 18.1. The van der Waals surface area contributed by atoms with Crippen LogP contribution in [0.1, 0.15) is 21.5 Å². The molecule has 0 aliphatic carbocycles. The molecule has 0 spiro atoms. The number of nitrogens with one attached hydrogen (secondary N) is 2. The highest BCUT2D eigenvalue weighted by Gasteiger charge is 2.17. The van der Waals surface area contributed by atoms with Crippen LogP contribution in [0.25, 0.3) is 0 Å². The molecule has 0 aliphatic heterocycles. The molecule has 0 atom stereocenters. The van der Waals surface area contributed by atoms with E-state index in [9.17, 15) is 14.9 Å². The number of amides is 1. The second-order valence-corrected chi connectivity index (χ2v) is 6.15. The quantitative estimate of drug-likeness (QED) is 0.489. The molecule has 27 heavy (non-hydrogen) atoms. The van der Waals surface area contributed by atoms with Crippen LogP contribution < -0.4 is 10.6 Å². The Hall–Kier alpha value is -3.67. The Morgan fingerprint density at radius 1 is 1.00 bits per heavy atom. The zero-order chi connectivity index (χ0) is 19.2. The van der Waals surface area contributed by atoms with Gasteiger partial charge in [-0.3, -0.25) is 14.9 Å². The number of benzene rings is 3. The molecule has 3 aromatic carbocycles. The number of carbonyl (C=O) groups excluding carboxylic acids is 1. The molecule has 0 saturated carbocycles. The first-order chi connectivity index (χ1) is 13.0. The lowest BCUT2D eigenvalue weighted by Gasteiger charge is -2.13. The van der Waals surface area contributed by atoms with Gasteiger partial charge >= 0.3 is 0 Å². The lowest BCUT2D eigenvalue weighted by molar-refractivity contribution is -0.384. The van der Waals surface area contributed by atoms with Gasteiger partial charge < -0.3 is 10.6 Å². The number of rotatable bonds is 6. The molecule has 0 saturated heterocycles. The van der Waals surface area contributed by atoms with Crippen LogP contribution in [0.4, 0.5) is 17.1 Å². The van der Waals surface area contributed by atoms with Gasteiger partial charge in [0.05, 0.1) is 10.5 Å². The number of hydrogen-bond donors (Lipinski definition) is 2. The van der Waals surface area contributed by atoms with Crippen LogP contribution >= 0.6 is 0 Å². The van der Waals surface area contributed by atoms with Gasteiger partial charge in [0.25, 0.3) is 11.6 Å². The van der Waals surface area contributed by atoms with Crippen molar-refractivity contribution >= 4 is 23.0 Å². The Morgan fingerprint density at radius 3 is 2.37 bits per heavy atom. The maximum Gasteiger partial charge on any atom is 0.270 e. The number of anilines is 2. The summed E-state index contributed by atoms with van der Waals surface area (Å²) in [5.74, 6) is -0.405. The van der Waals surface area contributed by atoms with Crippen LogP contribution in [0, 0.1) is 17.0 Å². The standard InChI is InChI=1S/C21H19N3O3/c1-15-7-9-17(10-8-15)23-21(25)19-13-18(24(26)27)11-12-20(19)22-14-16-5-3-2-4-6-16/h2-13,22H,14H2,1H3,(H,23,25). The molecule has 3 rings (SSSR count). The zero-order valence-corrected chi connectivity index (χ0v) is 14.8. The third-order valence-electron chi connectivity index (χ3n) is 4.09. The van der Waals surface area contributed by atoms with Gasteiger partial charge in [0, 0.05) is 30.1 Å². The molecule has 0 radical (unpaired) electrons. The van der Waals surface area contributed by atoms with Gasteiger partial charge in [-0.2, -0.15) is 0 Å². The number of nitro groups is 1. The molecule has 0 aromatic heterocycles. The molecular weight excluding hydrogens is 342 g/mol. The minimum absolute atomic E-state index is 0.130. The molecule has 1 amide bonds. The largest absolute Gasteiger partial charge is 0.380 e. The zero-order valence-electron chi connectivity index (χ0n) is 14.8. The molecule has 2 N–H and O–H groups in total. The van der Waals surface area contributed by atoms with Crippen molar-refractivity contribution in [3.05, 3.63) is 99.6 Å². The van der Waals surface area contributed by atoms with E-state index in [-0.39, 0.29) is 11.3 Å². The fourth-order valence-corrected chi connectivity index (χ4v) is 2.62. The van der Waals surface area contributed by atoms with Crippen molar-refractivity contribution in [3.63, 3.8) is 0 Å². The van der Waals surface area contributed by atoms with Gasteiger partial charge in [-0.1, -0.05) is 48.0 Å². The average Bonchev–Trinajstić information content (AvgIpc) is 2.68. The second kappa shape index (κ2) is 8.14. The maximum absolute atomic E-state index is 12.7. The second-order valence-electron chi connectivity index (χ2n) is 6.15. The Balaban J connectivity index is 1.85. The minimum atomic E-state index is -0.510. The Morgan fingerprint density at radius 2 is 1.70 bits per heavy atom. The molecule has 0 heterocycles. The van der Waals surface area contributed by atoms with Crippen LogP contribution in [0.5, 0.6) is 0 Å². The lowest BCUT2D eigenvalue weighted by atomic mass is 10.1. The van der Waals surface area contributed by atoms with Crippen LogP contribution in [-0.2, 0) is 6.54 Å². The first-order valence-electron chi connectivity index (χ1n) is 8.47. The van der Waals surface area contributed by atoms with Crippen molar-refractivity contribution in [2.75, 3.05) is 10.6 Å². The SMILES string of the molecule is Cc1ccc(NC(=O)c2cc([N+](=O)[O-])ccc2NCc2ccccc2)cc1. The third-order valence-corrected chi connectivity index (χ3v) is 4.09. The summed E-state index contributed by atoms with van der Waals surface area (Å²) in [4.78, 5) is 23.3. The highest BCUT2D eigenvalue weighted by molar-refractivity contribution is 6.08. The topological polar surface area (TPSA) is 84.3 Å². The highest BCUT2D eigenvalue weighted by Crippen LogP contribution is 2.24. The normalized spacial score (nSPS) is 10.3. The molecule has 6 nitrogen and oxygen atoms in total. The van der Waals surface area contributed by atoms with E-state index in [1.54, 1.807) is 18.2 Å². The Bertz CT molecular complexity index is 954. The fraction of sp³-hybridized carbons (Fsp3) is 0.0952. The van der Waals surface area contributed by atoms with E-state index in [1.807, 2.05) is 49.4 Å². The van der Waals surface area contributed by atoms with E-state index < -0.39 is 10.8 Å². The van der Waals surface area contributed by atoms with Gasteiger partial charge in [-0.05, 0) is 30.7 Å². The van der Waals surface area contributed by atoms with E-state index in [0.717, 1.165) is 11.1 Å². The van der Waals surface area contributed by atoms with Crippen LogP contribution in [-0.4, -0.2) is 10.8 Å². The van der Waals surface area contributed by atoms with Crippen LogP contribution in [0.15, 0.2) is 72.8 Å². The lowest BCUT2D eigenvalue weighted by Crippen LogP contribution is -2.15. The summed E-state index contributed by atoms with van der Waals surface area (Å²) in [6, 6.07) is 21.3. The van der Waals surface area contributed by atoms with Gasteiger partial charge in [0.1, 0.15) is 0 Å². The Kier molecular flexibility index (Phi) is 5.47. The van der Waals surface area contributed by atoms with Gasteiger partial charge in [0.15, 0.2) is 0 Å². The smallest absolute Gasteiger partial charge is 0.270 e. The van der Waals surface area contributed by atoms with Crippen molar-refractivity contribution in [2.45, 2.75) is 13.5 Å². The van der Waals surface area contributed by atoms with Crippen molar-refractivity contribution < 1.29 is 9.72 Å². The minimum Gasteiger partial charge on any atom is -0.380 e. The van der Waals surface area contributed by atoms with E-state index in [0.29, 0.717) is 17.9 Å². The summed E-state index contributed by atoms with van der Waals surface area (Å²) >= 11 is 0. The van der Waals surface area contributed by atoms with Crippen LogP contribution in [0.3, 0.4) is 0 Å². The molecular formula is C21H19N3O3. The summed E-state index contributed by atoms with van der Waals surface area (Å²) < 4.78 is 0. The summed E-state index contributed by atoms with van der Waals surface area (Å²) in [5, 5.41) is 17.1. The van der Waals surface area contributed by atoms with E-state index in [4.69, 9.17) is 0 Å². The van der Waals surface area contributed by atoms with E-state index in [2.05, 4.69) is 10.6 Å². The van der Waals surface area contributed by atoms with Gasteiger partial charge in [-0.25, -0.2) is 0 Å². The molecule has 3 aromatic rings. The van der Waals surface area contributed by atoms with Crippen molar-refractivity contribution in [1.29, 1.82) is 0 Å². The number of carbonyl (C=O) groups is 1. The molecule has 136 valence electrons. The summed E-state index contributed by atoms with van der Waals surface area (Å²) in [6.45, 7) is 2.46. The number of hydrogen-bond acceptors (Lipinski definition) is 4. The van der Waals surface area contributed by atoms with Gasteiger partial charge in [0.2, 0.25) is 0 Å². The summed E-state index contributed by atoms with van der Waals surface area (Å²) in [7, 11) is 0. The number of nitro benzene ring substituents is 1. The molecule has 0 unspecified atom stereocenters. The van der Waals surface area contributed by atoms with Crippen molar-refractivity contribution in [3.8, 4) is 0 Å². The number of non-ortho nitro benzene ring substituents is 1. The first-order valence-corrected chi connectivity index (χ1v) is 8.47. The third kappa shape index (κ3) is 4.70. The molecule has 0 aliphatic rings. The predicted octanol–water partition coefficient (Wildman–Crippen LogP) is 4.77. The molecule has 6 heteroatoms. The van der Waals surface area contributed by atoms with Crippen molar-refractivity contribution in [2.24, 2.45) is 0 Å². The van der Waals surface area contributed by atoms with Crippen LogP contribution in [0.2, 0.25) is 0 Å².